The molecule has 7 nitrogen and oxygen atoms in total. The number of aryl methyl sites for hydroxylation is 1. The molecule has 2 aliphatic rings. The smallest absolute Gasteiger partial charge is 0.158 e. The predicted molar refractivity (Wildman–Crippen MR) is 133 cm³/mol. The molecule has 0 unspecified atom stereocenters. The molecule has 6 rings (SSSR count). The fraction of sp³-hybridized carbons (Fsp3) is 0.444. The van der Waals surface area contributed by atoms with Gasteiger partial charge in [-0.1, -0.05) is 38.1 Å². The highest BCUT2D eigenvalue weighted by atomic mass is 16.5. The highest BCUT2D eigenvalue weighted by molar-refractivity contribution is 5.76. The summed E-state index contributed by atoms with van der Waals surface area (Å²) in [7, 11) is 0. The van der Waals surface area contributed by atoms with Crippen molar-refractivity contribution in [1.29, 1.82) is 0 Å². The average Bonchev–Trinajstić information content (AvgIpc) is 3.46. The number of aromatic amines is 1. The number of hydrogen-bond acceptors (Lipinski definition) is 5. The van der Waals surface area contributed by atoms with Gasteiger partial charge in [0, 0.05) is 17.3 Å². The lowest BCUT2D eigenvalue weighted by Crippen LogP contribution is -2.51. The summed E-state index contributed by atoms with van der Waals surface area (Å²) in [6.45, 7) is 10.7. The van der Waals surface area contributed by atoms with Crippen LogP contribution < -0.4 is 0 Å². The Hall–Kier alpha value is -3.03. The Morgan fingerprint density at radius 1 is 1.06 bits per heavy atom. The normalized spacial score (nSPS) is 18.1. The van der Waals surface area contributed by atoms with E-state index in [0.29, 0.717) is 17.9 Å². The predicted octanol–water partition coefficient (Wildman–Crippen LogP) is 4.80. The van der Waals surface area contributed by atoms with Gasteiger partial charge < -0.3 is 4.74 Å². The summed E-state index contributed by atoms with van der Waals surface area (Å²) in [5, 5.41) is 12.5. The third-order valence-corrected chi connectivity index (χ3v) is 7.55. The molecule has 0 atom stereocenters. The lowest BCUT2D eigenvalue weighted by Gasteiger charge is -2.41. The van der Waals surface area contributed by atoms with Crippen molar-refractivity contribution in [3.63, 3.8) is 0 Å². The van der Waals surface area contributed by atoms with Crippen molar-refractivity contribution < 1.29 is 4.74 Å². The molecule has 4 aromatic rings. The lowest BCUT2D eigenvalue weighted by atomic mass is 9.87. The van der Waals surface area contributed by atoms with Crippen LogP contribution in [0.5, 0.6) is 0 Å². The van der Waals surface area contributed by atoms with Gasteiger partial charge in [-0.3, -0.25) is 10.00 Å². The fourth-order valence-electron chi connectivity index (χ4n) is 5.53. The molecule has 1 N–H and O–H groups in total. The first-order valence-corrected chi connectivity index (χ1v) is 12.4. The molecule has 7 heteroatoms. The summed E-state index contributed by atoms with van der Waals surface area (Å²) in [5.41, 5.74) is 9.00. The van der Waals surface area contributed by atoms with Crippen LogP contribution in [0, 0.1) is 6.92 Å². The number of piperidine rings is 1. The minimum atomic E-state index is 0.329. The van der Waals surface area contributed by atoms with Crippen molar-refractivity contribution in [2.45, 2.75) is 51.5 Å². The number of fused-ring (bicyclic) bond motifs is 1. The minimum Gasteiger partial charge on any atom is -0.378 e. The van der Waals surface area contributed by atoms with Crippen molar-refractivity contribution in [3.8, 4) is 22.5 Å². The molecule has 0 bridgehead atoms. The van der Waals surface area contributed by atoms with E-state index >= 15 is 0 Å². The van der Waals surface area contributed by atoms with Crippen LogP contribution in [0.3, 0.4) is 0 Å². The number of pyridine rings is 1. The average molecular weight is 457 g/mol. The molecule has 2 saturated heterocycles. The zero-order valence-corrected chi connectivity index (χ0v) is 20.2. The zero-order valence-electron chi connectivity index (χ0n) is 20.2. The van der Waals surface area contributed by atoms with Crippen LogP contribution in [0.2, 0.25) is 0 Å². The molecule has 1 aromatic carbocycles. The first-order valence-electron chi connectivity index (χ1n) is 12.4. The number of H-pyrrole nitrogens is 1. The standard InChI is InChI=1S/C27H32N6O/c1-17(2)24-25(30-31-26(24)22-12-18(3)27-28-16-29-33(27)13-22)21-6-4-19(5-7-21)20-8-10-32(11-9-20)23-14-34-15-23/h4-7,12-13,16-17,20,23H,8-11,14-15H2,1-3H3,(H,30,31). The zero-order chi connectivity index (χ0) is 23.2. The molecule has 0 aliphatic carbocycles. The maximum Gasteiger partial charge on any atom is 0.158 e. The van der Waals surface area contributed by atoms with E-state index in [-0.39, 0.29) is 0 Å². The van der Waals surface area contributed by atoms with Gasteiger partial charge in [-0.2, -0.15) is 10.2 Å². The lowest BCUT2D eigenvalue weighted by molar-refractivity contribution is -0.0712. The van der Waals surface area contributed by atoms with Crippen molar-refractivity contribution in [3.05, 3.63) is 59.5 Å². The minimum absolute atomic E-state index is 0.329. The molecule has 5 heterocycles. The SMILES string of the molecule is Cc1cc(-c2n[nH]c(-c3ccc(C4CCN(C5COC5)CC4)cc3)c2C(C)C)cn2ncnc12. The number of ether oxygens (including phenoxy) is 1. The molecule has 34 heavy (non-hydrogen) atoms. The molecule has 176 valence electrons. The first kappa shape index (κ1) is 21.5. The second-order valence-electron chi connectivity index (χ2n) is 10.1. The van der Waals surface area contributed by atoms with Crippen molar-refractivity contribution in [1.82, 2.24) is 29.7 Å². The summed E-state index contributed by atoms with van der Waals surface area (Å²) in [6.07, 6.45) is 6.07. The Morgan fingerprint density at radius 3 is 2.50 bits per heavy atom. The monoisotopic (exact) mass is 456 g/mol. The van der Waals surface area contributed by atoms with E-state index in [1.54, 1.807) is 6.33 Å². The number of nitrogens with zero attached hydrogens (tertiary/aromatic N) is 5. The highest BCUT2D eigenvalue weighted by Gasteiger charge is 2.30. The van der Waals surface area contributed by atoms with Gasteiger partial charge in [0.2, 0.25) is 0 Å². The number of hydrogen-bond donors (Lipinski definition) is 1. The number of rotatable bonds is 5. The molecular weight excluding hydrogens is 424 g/mol. The van der Waals surface area contributed by atoms with Gasteiger partial charge in [-0.25, -0.2) is 9.50 Å². The molecule has 0 amide bonds. The van der Waals surface area contributed by atoms with E-state index in [1.165, 1.54) is 42.6 Å². The molecular formula is C27H32N6O. The van der Waals surface area contributed by atoms with Crippen LogP contribution in [0.25, 0.3) is 28.2 Å². The Kier molecular flexibility index (Phi) is 5.46. The quantitative estimate of drug-likeness (QED) is 0.467. The van der Waals surface area contributed by atoms with Crippen LogP contribution in [-0.4, -0.2) is 62.0 Å². The summed E-state index contributed by atoms with van der Waals surface area (Å²) < 4.78 is 7.21. The van der Waals surface area contributed by atoms with Gasteiger partial charge in [-0.05, 0) is 67.4 Å². The van der Waals surface area contributed by atoms with E-state index < -0.39 is 0 Å². The van der Waals surface area contributed by atoms with E-state index in [1.807, 2.05) is 10.7 Å². The molecule has 0 radical (unpaired) electrons. The maximum absolute atomic E-state index is 5.38. The molecule has 0 spiro atoms. The number of nitrogens with one attached hydrogen (secondary N) is 1. The third-order valence-electron chi connectivity index (χ3n) is 7.55. The van der Waals surface area contributed by atoms with Gasteiger partial charge in [0.25, 0.3) is 0 Å². The molecule has 3 aromatic heterocycles. The number of likely N-dealkylation sites (tertiary alicyclic amines) is 1. The number of benzene rings is 1. The summed E-state index contributed by atoms with van der Waals surface area (Å²) >= 11 is 0. The van der Waals surface area contributed by atoms with Crippen LogP contribution in [0.1, 0.15) is 55.2 Å². The summed E-state index contributed by atoms with van der Waals surface area (Å²) in [4.78, 5) is 6.95. The van der Waals surface area contributed by atoms with Gasteiger partial charge in [-0.15, -0.1) is 0 Å². The molecule has 2 aliphatic heterocycles. The van der Waals surface area contributed by atoms with Gasteiger partial charge in [0.1, 0.15) is 6.33 Å². The van der Waals surface area contributed by atoms with Crippen molar-refractivity contribution >= 4 is 5.65 Å². The molecule has 0 saturated carbocycles. The Morgan fingerprint density at radius 2 is 1.82 bits per heavy atom. The van der Waals surface area contributed by atoms with Gasteiger partial charge in [0.15, 0.2) is 5.65 Å². The maximum atomic E-state index is 5.38. The number of aromatic nitrogens is 5. The largest absolute Gasteiger partial charge is 0.378 e. The Labute approximate surface area is 200 Å². The third kappa shape index (κ3) is 3.73. The van der Waals surface area contributed by atoms with E-state index in [4.69, 9.17) is 9.84 Å². The Balaban J connectivity index is 1.26. The van der Waals surface area contributed by atoms with E-state index in [0.717, 1.165) is 41.4 Å². The van der Waals surface area contributed by atoms with Gasteiger partial charge in [0.05, 0.1) is 30.6 Å². The molecule has 2 fully saturated rings. The van der Waals surface area contributed by atoms with E-state index in [2.05, 4.69) is 71.2 Å². The Bertz CT molecular complexity index is 1290. The summed E-state index contributed by atoms with van der Waals surface area (Å²) in [5.74, 6) is 0.973. The topological polar surface area (TPSA) is 71.3 Å². The van der Waals surface area contributed by atoms with Crippen LogP contribution in [-0.2, 0) is 4.74 Å². The van der Waals surface area contributed by atoms with Gasteiger partial charge >= 0.3 is 0 Å². The second-order valence-corrected chi connectivity index (χ2v) is 10.1. The summed E-state index contributed by atoms with van der Waals surface area (Å²) in [6, 6.07) is 12.0. The second kappa shape index (κ2) is 8.64. The van der Waals surface area contributed by atoms with Crippen LogP contribution in [0.15, 0.2) is 42.9 Å². The van der Waals surface area contributed by atoms with Crippen LogP contribution >= 0.6 is 0 Å². The van der Waals surface area contributed by atoms with Crippen molar-refractivity contribution in [2.24, 2.45) is 0 Å². The van der Waals surface area contributed by atoms with Crippen molar-refractivity contribution in [2.75, 3.05) is 26.3 Å². The highest BCUT2D eigenvalue weighted by Crippen LogP contribution is 2.37. The first-order chi connectivity index (χ1) is 16.6. The fourth-order valence-corrected chi connectivity index (χ4v) is 5.53. The van der Waals surface area contributed by atoms with E-state index in [9.17, 15) is 0 Å². The van der Waals surface area contributed by atoms with Crippen LogP contribution in [0.4, 0.5) is 0 Å².